The van der Waals surface area contributed by atoms with Gasteiger partial charge >= 0.3 is 11.9 Å². The van der Waals surface area contributed by atoms with Crippen LogP contribution in [0.5, 0.6) is 0 Å². The molecular weight excluding hydrogens is 324 g/mol. The Kier molecular flexibility index (Phi) is 3.06. The molecule has 3 aliphatic carbocycles. The molecule has 0 amide bonds. The van der Waals surface area contributed by atoms with Gasteiger partial charge in [0.05, 0.1) is 36.8 Å². The third kappa shape index (κ3) is 1.73. The molecule has 2 bridgehead atoms. The monoisotopic (exact) mass is 350 g/mol. The number of cyclic esters (lactones) is 2. The summed E-state index contributed by atoms with van der Waals surface area (Å²) >= 11 is 0. The molecule has 2 unspecified atom stereocenters. The first-order valence-corrected chi connectivity index (χ1v) is 9.53. The molecule has 3 saturated carbocycles. The predicted octanol–water partition coefficient (Wildman–Crippen LogP) is 1.03. The van der Waals surface area contributed by atoms with Crippen molar-refractivity contribution in [2.75, 3.05) is 13.2 Å². The van der Waals surface area contributed by atoms with E-state index in [0.717, 1.165) is 19.3 Å². The third-order valence-electron chi connectivity index (χ3n) is 8.21. The van der Waals surface area contributed by atoms with E-state index in [1.54, 1.807) is 0 Å². The zero-order valence-electron chi connectivity index (χ0n) is 14.6. The molecule has 0 radical (unpaired) electrons. The Bertz CT molecular complexity index is 648. The van der Waals surface area contributed by atoms with Crippen LogP contribution in [0.25, 0.3) is 0 Å². The average Bonchev–Trinajstić information content (AvgIpc) is 3.00. The van der Waals surface area contributed by atoms with Gasteiger partial charge in [0.2, 0.25) is 0 Å². The zero-order chi connectivity index (χ0) is 17.6. The molecule has 6 heteroatoms. The Hall–Kier alpha value is -1.14. The minimum atomic E-state index is -1.05. The van der Waals surface area contributed by atoms with Crippen molar-refractivity contribution in [3.63, 3.8) is 0 Å². The van der Waals surface area contributed by atoms with Crippen molar-refractivity contribution in [3.8, 4) is 0 Å². The Labute approximate surface area is 146 Å². The first-order valence-electron chi connectivity index (χ1n) is 9.53. The molecule has 6 nitrogen and oxygen atoms in total. The summed E-state index contributed by atoms with van der Waals surface area (Å²) in [7, 11) is 0. The first kappa shape index (κ1) is 16.1. The quantitative estimate of drug-likeness (QED) is 0.634. The molecule has 5 rings (SSSR count). The normalized spacial score (nSPS) is 57.0. The van der Waals surface area contributed by atoms with Crippen molar-refractivity contribution < 1.29 is 29.3 Å². The molecule has 2 saturated heterocycles. The number of rotatable bonds is 0. The lowest BCUT2D eigenvalue weighted by atomic mass is 9.44. The van der Waals surface area contributed by atoms with Crippen LogP contribution in [0.3, 0.4) is 0 Å². The van der Waals surface area contributed by atoms with Crippen LogP contribution in [0.4, 0.5) is 0 Å². The number of aliphatic hydroxyl groups excluding tert-OH is 2. The van der Waals surface area contributed by atoms with E-state index in [4.69, 9.17) is 9.47 Å². The fourth-order valence-corrected chi connectivity index (χ4v) is 7.51. The van der Waals surface area contributed by atoms with Crippen LogP contribution >= 0.6 is 0 Å². The molecule has 2 aliphatic heterocycles. The van der Waals surface area contributed by atoms with E-state index >= 15 is 0 Å². The van der Waals surface area contributed by atoms with E-state index in [1.807, 2.05) is 0 Å². The maximum atomic E-state index is 12.8. The molecule has 2 spiro atoms. The van der Waals surface area contributed by atoms with Gasteiger partial charge in [0, 0.05) is 16.7 Å². The van der Waals surface area contributed by atoms with Crippen LogP contribution in [-0.4, -0.2) is 47.6 Å². The molecule has 5 aliphatic rings. The molecule has 5 fully saturated rings. The van der Waals surface area contributed by atoms with Gasteiger partial charge in [0.25, 0.3) is 0 Å². The van der Waals surface area contributed by atoms with Gasteiger partial charge in [-0.3, -0.25) is 9.59 Å². The zero-order valence-corrected chi connectivity index (χ0v) is 14.6. The van der Waals surface area contributed by atoms with Crippen molar-refractivity contribution in [1.29, 1.82) is 0 Å². The number of ether oxygens (including phenoxy) is 2. The SMILES string of the molecule is C[C@@]12CCC[C@]3(COC(=O)[C@@]45CC(C[C@@H](O)C34)C[C@H]5O)[C@@H]1C(=O)OC2. The smallest absolute Gasteiger partial charge is 0.315 e. The Balaban J connectivity index is 1.69. The molecule has 25 heavy (non-hydrogen) atoms. The van der Waals surface area contributed by atoms with Crippen molar-refractivity contribution >= 4 is 11.9 Å². The van der Waals surface area contributed by atoms with Gasteiger partial charge in [-0.2, -0.15) is 0 Å². The first-order chi connectivity index (χ1) is 11.8. The van der Waals surface area contributed by atoms with Gasteiger partial charge in [-0.1, -0.05) is 13.3 Å². The highest BCUT2D eigenvalue weighted by atomic mass is 16.5. The largest absolute Gasteiger partial charge is 0.465 e. The van der Waals surface area contributed by atoms with Crippen LogP contribution in [0.15, 0.2) is 0 Å². The van der Waals surface area contributed by atoms with Gasteiger partial charge < -0.3 is 19.7 Å². The Morgan fingerprint density at radius 2 is 1.88 bits per heavy atom. The van der Waals surface area contributed by atoms with Crippen LogP contribution in [0.1, 0.15) is 45.4 Å². The summed E-state index contributed by atoms with van der Waals surface area (Å²) in [6.07, 6.45) is 2.77. The van der Waals surface area contributed by atoms with E-state index in [1.165, 1.54) is 0 Å². The molecular formula is C19H26O6. The topological polar surface area (TPSA) is 93.1 Å². The molecule has 2 N–H and O–H groups in total. The van der Waals surface area contributed by atoms with Gasteiger partial charge in [0.1, 0.15) is 0 Å². The predicted molar refractivity (Wildman–Crippen MR) is 85.1 cm³/mol. The highest BCUT2D eigenvalue weighted by molar-refractivity contribution is 5.82. The highest BCUT2D eigenvalue weighted by Crippen LogP contribution is 2.69. The second kappa shape index (κ2) is 4.77. The van der Waals surface area contributed by atoms with Crippen LogP contribution in [0, 0.1) is 34.0 Å². The summed E-state index contributed by atoms with van der Waals surface area (Å²) in [6, 6.07) is 0. The van der Waals surface area contributed by atoms with Crippen LogP contribution in [-0.2, 0) is 19.1 Å². The number of hydrogen-bond acceptors (Lipinski definition) is 6. The number of esters is 2. The highest BCUT2D eigenvalue weighted by Gasteiger charge is 2.75. The van der Waals surface area contributed by atoms with E-state index in [-0.39, 0.29) is 35.8 Å². The lowest BCUT2D eigenvalue weighted by molar-refractivity contribution is -0.239. The third-order valence-corrected chi connectivity index (χ3v) is 8.21. The lowest BCUT2D eigenvalue weighted by Gasteiger charge is -2.60. The second-order valence-electron chi connectivity index (χ2n) is 9.50. The number of hydrogen-bond donors (Lipinski definition) is 2. The minimum absolute atomic E-state index is 0.148. The van der Waals surface area contributed by atoms with Crippen LogP contribution in [0.2, 0.25) is 0 Å². The van der Waals surface area contributed by atoms with Crippen LogP contribution < -0.4 is 0 Å². The summed E-state index contributed by atoms with van der Waals surface area (Å²) < 4.78 is 11.1. The number of fused-ring (bicyclic) bond motifs is 4. The molecule has 0 aromatic heterocycles. The molecule has 8 atom stereocenters. The summed E-state index contributed by atoms with van der Waals surface area (Å²) in [4.78, 5) is 25.6. The van der Waals surface area contributed by atoms with E-state index in [2.05, 4.69) is 6.92 Å². The van der Waals surface area contributed by atoms with E-state index in [0.29, 0.717) is 25.9 Å². The second-order valence-corrected chi connectivity index (χ2v) is 9.50. The van der Waals surface area contributed by atoms with Gasteiger partial charge in [-0.15, -0.1) is 0 Å². The van der Waals surface area contributed by atoms with Gasteiger partial charge in [0.15, 0.2) is 0 Å². The van der Waals surface area contributed by atoms with Gasteiger partial charge in [-0.05, 0) is 38.0 Å². The fraction of sp³-hybridized carbons (Fsp3) is 0.895. The van der Waals surface area contributed by atoms with E-state index in [9.17, 15) is 19.8 Å². The van der Waals surface area contributed by atoms with Crippen molar-refractivity contribution in [1.82, 2.24) is 0 Å². The summed E-state index contributed by atoms with van der Waals surface area (Å²) in [5.41, 5.74) is -1.95. The lowest BCUT2D eigenvalue weighted by Crippen LogP contribution is -2.67. The number of aliphatic hydroxyl groups is 2. The Morgan fingerprint density at radius 3 is 2.68 bits per heavy atom. The Morgan fingerprint density at radius 1 is 1.08 bits per heavy atom. The summed E-state index contributed by atoms with van der Waals surface area (Å²) in [5.74, 6) is -1.25. The summed E-state index contributed by atoms with van der Waals surface area (Å²) in [5, 5.41) is 21.9. The molecule has 2 heterocycles. The standard InChI is InChI=1S/C19H26O6/c1-17-3-2-4-18(14(17)15(22)24-8-17)9-25-16(23)19-7-10(6-12(19)21)5-11(20)13(18)19/h10-14,20-21H,2-9H2,1H3/t10?,11-,12-,13?,14-,17+,18-,19-/m1/s1. The molecule has 0 aromatic carbocycles. The number of carbonyl (C=O) groups is 2. The van der Waals surface area contributed by atoms with Gasteiger partial charge in [-0.25, -0.2) is 0 Å². The van der Waals surface area contributed by atoms with Crippen molar-refractivity contribution in [2.24, 2.45) is 34.0 Å². The maximum Gasteiger partial charge on any atom is 0.315 e. The minimum Gasteiger partial charge on any atom is -0.465 e. The molecule has 0 aromatic rings. The summed E-state index contributed by atoms with van der Waals surface area (Å²) in [6.45, 7) is 2.63. The average molecular weight is 350 g/mol. The van der Waals surface area contributed by atoms with E-state index < -0.39 is 29.0 Å². The maximum absolute atomic E-state index is 12.8. The van der Waals surface area contributed by atoms with Crippen molar-refractivity contribution in [3.05, 3.63) is 0 Å². The molecule has 138 valence electrons. The number of carbonyl (C=O) groups excluding carboxylic acids is 2. The fourth-order valence-electron chi connectivity index (χ4n) is 7.51. The van der Waals surface area contributed by atoms with Crippen molar-refractivity contribution in [2.45, 2.75) is 57.7 Å².